The van der Waals surface area contributed by atoms with Crippen LogP contribution >= 0.6 is 0 Å². The molecule has 0 heterocycles. The molecule has 1 N–H and O–H groups in total. The summed E-state index contributed by atoms with van der Waals surface area (Å²) in [5, 5.41) is 2.79. The lowest BCUT2D eigenvalue weighted by molar-refractivity contribution is 0.102. The molecule has 0 bridgehead atoms. The van der Waals surface area contributed by atoms with Crippen molar-refractivity contribution >= 4 is 21.4 Å². The maximum absolute atomic E-state index is 12.3. The van der Waals surface area contributed by atoms with Gasteiger partial charge in [-0.15, -0.1) is 0 Å². The molecule has 0 radical (unpaired) electrons. The van der Waals surface area contributed by atoms with Gasteiger partial charge in [0.2, 0.25) is 0 Å². The van der Waals surface area contributed by atoms with Crippen molar-refractivity contribution < 1.29 is 13.2 Å². The Kier molecular flexibility index (Phi) is 4.66. The molecule has 0 aliphatic heterocycles. The molecule has 0 spiro atoms. The Labute approximate surface area is 131 Å². The van der Waals surface area contributed by atoms with Gasteiger partial charge >= 0.3 is 0 Å². The van der Waals surface area contributed by atoms with Crippen molar-refractivity contribution in [2.45, 2.75) is 25.7 Å². The largest absolute Gasteiger partial charge is 0.322 e. The summed E-state index contributed by atoms with van der Waals surface area (Å²) >= 11 is 0. The molecule has 2 aromatic carbocycles. The molecule has 0 aliphatic carbocycles. The Morgan fingerprint density at radius 2 is 1.68 bits per heavy atom. The van der Waals surface area contributed by atoms with E-state index in [2.05, 4.69) is 5.32 Å². The number of aryl methyl sites for hydroxylation is 1. The number of rotatable bonds is 4. The minimum atomic E-state index is -3.22. The van der Waals surface area contributed by atoms with Crippen molar-refractivity contribution in [2.24, 2.45) is 0 Å². The maximum atomic E-state index is 12.3. The summed E-state index contributed by atoms with van der Waals surface area (Å²) < 4.78 is 23.5. The second-order valence-electron chi connectivity index (χ2n) is 5.13. The number of hydrogen-bond acceptors (Lipinski definition) is 3. The molecule has 0 fully saturated rings. The van der Waals surface area contributed by atoms with E-state index in [1.54, 1.807) is 25.1 Å². The second-order valence-corrected chi connectivity index (χ2v) is 7.41. The van der Waals surface area contributed by atoms with Crippen LogP contribution in [0.3, 0.4) is 0 Å². The topological polar surface area (TPSA) is 63.2 Å². The molecule has 0 saturated carbocycles. The van der Waals surface area contributed by atoms with Crippen LogP contribution in [0.4, 0.5) is 5.69 Å². The van der Waals surface area contributed by atoms with Crippen LogP contribution in [0.2, 0.25) is 0 Å². The molecular formula is C17H19NO3S. The van der Waals surface area contributed by atoms with E-state index >= 15 is 0 Å². The Bertz CT molecular complexity index is 793. The third-order valence-corrected chi connectivity index (χ3v) is 5.45. The summed E-state index contributed by atoms with van der Waals surface area (Å²) in [6, 6.07) is 11.8. The van der Waals surface area contributed by atoms with Gasteiger partial charge in [-0.1, -0.05) is 19.1 Å². The minimum absolute atomic E-state index is 0.0567. The van der Waals surface area contributed by atoms with Crippen LogP contribution < -0.4 is 5.32 Å². The first-order valence-corrected chi connectivity index (χ1v) is 8.71. The molecule has 1 amide bonds. The number of nitrogens with one attached hydrogen (secondary N) is 1. The van der Waals surface area contributed by atoms with E-state index in [0.717, 1.165) is 11.1 Å². The van der Waals surface area contributed by atoms with Crippen molar-refractivity contribution in [3.05, 3.63) is 59.2 Å². The van der Waals surface area contributed by atoms with Gasteiger partial charge in [0.05, 0.1) is 10.6 Å². The second kappa shape index (κ2) is 6.32. The van der Waals surface area contributed by atoms with Gasteiger partial charge in [0.25, 0.3) is 5.91 Å². The van der Waals surface area contributed by atoms with Crippen LogP contribution in [0.15, 0.2) is 47.4 Å². The van der Waals surface area contributed by atoms with Crippen LogP contribution in [0.1, 0.15) is 28.4 Å². The van der Waals surface area contributed by atoms with Gasteiger partial charge in [-0.3, -0.25) is 4.79 Å². The predicted octanol–water partition coefficient (Wildman–Crippen LogP) is 3.35. The highest BCUT2D eigenvalue weighted by Crippen LogP contribution is 2.18. The van der Waals surface area contributed by atoms with Gasteiger partial charge < -0.3 is 5.32 Å². The van der Waals surface area contributed by atoms with Crippen molar-refractivity contribution in [3.8, 4) is 0 Å². The molecule has 0 unspecified atom stereocenters. The number of benzene rings is 2. The van der Waals surface area contributed by atoms with Crippen LogP contribution in [-0.4, -0.2) is 20.1 Å². The third kappa shape index (κ3) is 3.36. The highest BCUT2D eigenvalue weighted by atomic mass is 32.2. The zero-order chi connectivity index (χ0) is 16.3. The van der Waals surface area contributed by atoms with Gasteiger partial charge in [0.15, 0.2) is 9.84 Å². The molecule has 116 valence electrons. The van der Waals surface area contributed by atoms with E-state index < -0.39 is 9.84 Å². The van der Waals surface area contributed by atoms with E-state index in [1.165, 1.54) is 12.1 Å². The van der Waals surface area contributed by atoms with Crippen LogP contribution in [0.5, 0.6) is 0 Å². The Balaban J connectivity index is 2.21. The lowest BCUT2D eigenvalue weighted by Gasteiger charge is -2.10. The highest BCUT2D eigenvalue weighted by molar-refractivity contribution is 7.91. The fourth-order valence-corrected chi connectivity index (χ4v) is 2.99. The predicted molar refractivity (Wildman–Crippen MR) is 88.0 cm³/mol. The fraction of sp³-hybridized carbons (Fsp3) is 0.235. The minimum Gasteiger partial charge on any atom is -0.322 e. The first-order chi connectivity index (χ1) is 10.3. The Hall–Kier alpha value is -2.14. The van der Waals surface area contributed by atoms with Crippen LogP contribution in [-0.2, 0) is 9.84 Å². The van der Waals surface area contributed by atoms with E-state index in [4.69, 9.17) is 0 Å². The van der Waals surface area contributed by atoms with Gasteiger partial charge in [-0.25, -0.2) is 8.42 Å². The molecule has 0 aliphatic rings. The van der Waals surface area contributed by atoms with Crippen LogP contribution in [0, 0.1) is 13.8 Å². The molecular weight excluding hydrogens is 298 g/mol. The van der Waals surface area contributed by atoms with E-state index in [9.17, 15) is 13.2 Å². The molecule has 0 saturated heterocycles. The summed E-state index contributed by atoms with van der Waals surface area (Å²) in [4.78, 5) is 12.6. The van der Waals surface area contributed by atoms with Gasteiger partial charge in [0.1, 0.15) is 0 Å². The monoisotopic (exact) mass is 317 g/mol. The van der Waals surface area contributed by atoms with E-state index in [-0.39, 0.29) is 16.6 Å². The smallest absolute Gasteiger partial charge is 0.255 e. The summed E-state index contributed by atoms with van der Waals surface area (Å²) in [6.07, 6.45) is 0. The van der Waals surface area contributed by atoms with E-state index in [0.29, 0.717) is 11.3 Å². The normalized spacial score (nSPS) is 11.2. The average Bonchev–Trinajstić information content (AvgIpc) is 2.50. The number of sulfone groups is 1. The molecule has 5 heteroatoms. The summed E-state index contributed by atoms with van der Waals surface area (Å²) in [7, 11) is -3.22. The van der Waals surface area contributed by atoms with Crippen molar-refractivity contribution in [1.82, 2.24) is 0 Å². The molecule has 0 aromatic heterocycles. The van der Waals surface area contributed by atoms with E-state index in [1.807, 2.05) is 26.0 Å². The lowest BCUT2D eigenvalue weighted by atomic mass is 10.0. The number of carbonyl (C=O) groups is 1. The zero-order valence-electron chi connectivity index (χ0n) is 12.9. The molecule has 4 nitrogen and oxygen atoms in total. The van der Waals surface area contributed by atoms with Gasteiger partial charge in [-0.05, 0) is 55.3 Å². The van der Waals surface area contributed by atoms with Crippen molar-refractivity contribution in [3.63, 3.8) is 0 Å². The number of hydrogen-bond donors (Lipinski definition) is 1. The Morgan fingerprint density at radius 3 is 2.27 bits per heavy atom. The number of carbonyl (C=O) groups excluding carboxylic acids is 1. The fourth-order valence-electron chi connectivity index (χ4n) is 2.11. The van der Waals surface area contributed by atoms with Crippen molar-refractivity contribution in [2.75, 3.05) is 11.1 Å². The van der Waals surface area contributed by atoms with Gasteiger partial charge in [0, 0.05) is 11.3 Å². The number of anilines is 1. The highest BCUT2D eigenvalue weighted by Gasteiger charge is 2.13. The van der Waals surface area contributed by atoms with Crippen LogP contribution in [0.25, 0.3) is 0 Å². The van der Waals surface area contributed by atoms with Gasteiger partial charge in [-0.2, -0.15) is 0 Å². The summed E-state index contributed by atoms with van der Waals surface area (Å²) in [5.41, 5.74) is 3.17. The third-order valence-electron chi connectivity index (χ3n) is 3.70. The quantitative estimate of drug-likeness (QED) is 0.940. The van der Waals surface area contributed by atoms with Crippen molar-refractivity contribution in [1.29, 1.82) is 0 Å². The maximum Gasteiger partial charge on any atom is 0.255 e. The first kappa shape index (κ1) is 16.2. The first-order valence-electron chi connectivity index (χ1n) is 7.05. The molecule has 0 atom stereocenters. The molecule has 2 aromatic rings. The number of amides is 1. The SMILES string of the molecule is CCS(=O)(=O)c1ccc(NC(=O)c2cccc(C)c2C)cc1. The summed E-state index contributed by atoms with van der Waals surface area (Å²) in [5.74, 6) is -0.145. The average molecular weight is 317 g/mol. The molecule has 22 heavy (non-hydrogen) atoms. The Morgan fingerprint density at radius 1 is 1.05 bits per heavy atom. The summed E-state index contributed by atoms with van der Waals surface area (Å²) in [6.45, 7) is 5.46. The standard InChI is InChI=1S/C17H19NO3S/c1-4-22(20,21)15-10-8-14(9-11-15)18-17(19)16-7-5-6-12(2)13(16)3/h5-11H,4H2,1-3H3,(H,18,19). The zero-order valence-corrected chi connectivity index (χ0v) is 13.7. The molecule has 2 rings (SSSR count). The lowest BCUT2D eigenvalue weighted by Crippen LogP contribution is -2.14.